The second-order valence-corrected chi connectivity index (χ2v) is 7.01. The molecule has 1 fully saturated rings. The molecule has 27 heavy (non-hydrogen) atoms. The first-order valence-corrected chi connectivity index (χ1v) is 9.40. The van der Waals surface area contributed by atoms with Gasteiger partial charge in [-0.25, -0.2) is 4.79 Å². The zero-order chi connectivity index (χ0) is 19.2. The number of methoxy groups -OCH3 is 1. The minimum absolute atomic E-state index is 0.0960. The summed E-state index contributed by atoms with van der Waals surface area (Å²) >= 11 is 0. The molecule has 0 bridgehead atoms. The molecule has 1 saturated heterocycles. The molecular formula is C21H27N3O3. The first-order chi connectivity index (χ1) is 13.1. The van der Waals surface area contributed by atoms with Crippen LogP contribution in [0.1, 0.15) is 54.2 Å². The van der Waals surface area contributed by atoms with Gasteiger partial charge in [-0.2, -0.15) is 10.2 Å². The molecule has 2 heterocycles. The normalized spacial score (nSPS) is 16.2. The first kappa shape index (κ1) is 19.3. The molecule has 144 valence electrons. The standard InChI is InChI=1S/C21H27N3O3/c1-15-13-22-23-20(16(2)26-3)19(15)18-9-11-24(12-10-18)21(25)27-14-17-7-5-4-6-8-17/h4-8,13,16,18H,9-12,14H2,1-3H3/t16-/m1/s1. The predicted octanol–water partition coefficient (Wildman–Crippen LogP) is 4.01. The average molecular weight is 369 g/mol. The van der Waals surface area contributed by atoms with Crippen LogP contribution in [-0.4, -0.2) is 41.4 Å². The van der Waals surface area contributed by atoms with Crippen LogP contribution in [-0.2, 0) is 16.1 Å². The highest BCUT2D eigenvalue weighted by molar-refractivity contribution is 5.67. The maximum absolute atomic E-state index is 12.4. The van der Waals surface area contributed by atoms with Gasteiger partial charge in [0, 0.05) is 20.2 Å². The molecule has 0 saturated carbocycles. The highest BCUT2D eigenvalue weighted by Crippen LogP contribution is 2.34. The zero-order valence-electron chi connectivity index (χ0n) is 16.2. The number of aryl methyl sites for hydroxylation is 1. The summed E-state index contributed by atoms with van der Waals surface area (Å²) in [6.45, 7) is 5.73. The Labute approximate surface area is 160 Å². The van der Waals surface area contributed by atoms with Crippen LogP contribution >= 0.6 is 0 Å². The van der Waals surface area contributed by atoms with E-state index in [0.717, 1.165) is 29.7 Å². The minimum atomic E-state index is -0.243. The Morgan fingerprint density at radius 2 is 1.96 bits per heavy atom. The van der Waals surface area contributed by atoms with E-state index in [1.807, 2.05) is 43.5 Å². The Balaban J connectivity index is 1.60. The lowest BCUT2D eigenvalue weighted by atomic mass is 9.85. The maximum Gasteiger partial charge on any atom is 0.410 e. The molecule has 0 radical (unpaired) electrons. The van der Waals surface area contributed by atoms with Gasteiger partial charge in [0.2, 0.25) is 0 Å². The van der Waals surface area contributed by atoms with Crippen molar-refractivity contribution in [3.63, 3.8) is 0 Å². The van der Waals surface area contributed by atoms with Crippen LogP contribution in [0.5, 0.6) is 0 Å². The molecule has 1 aliphatic rings. The maximum atomic E-state index is 12.4. The summed E-state index contributed by atoms with van der Waals surface area (Å²) in [5.41, 5.74) is 4.26. The number of hydrogen-bond donors (Lipinski definition) is 0. The predicted molar refractivity (Wildman–Crippen MR) is 102 cm³/mol. The van der Waals surface area contributed by atoms with E-state index in [4.69, 9.17) is 9.47 Å². The first-order valence-electron chi connectivity index (χ1n) is 9.40. The number of carbonyl (C=O) groups excluding carboxylic acids is 1. The largest absolute Gasteiger partial charge is 0.445 e. The van der Waals surface area contributed by atoms with Crippen molar-refractivity contribution in [3.8, 4) is 0 Å². The molecule has 1 aromatic carbocycles. The Morgan fingerprint density at radius 1 is 1.26 bits per heavy atom. The van der Waals surface area contributed by atoms with Crippen LogP contribution < -0.4 is 0 Å². The van der Waals surface area contributed by atoms with Gasteiger partial charge >= 0.3 is 6.09 Å². The molecule has 6 nitrogen and oxygen atoms in total. The Hall–Kier alpha value is -2.47. The summed E-state index contributed by atoms with van der Waals surface area (Å²) in [5.74, 6) is 0.353. The van der Waals surface area contributed by atoms with Gasteiger partial charge in [-0.1, -0.05) is 30.3 Å². The van der Waals surface area contributed by atoms with Crippen molar-refractivity contribution >= 4 is 6.09 Å². The van der Waals surface area contributed by atoms with Crippen molar-refractivity contribution in [2.24, 2.45) is 0 Å². The molecule has 0 spiro atoms. The van der Waals surface area contributed by atoms with E-state index < -0.39 is 0 Å². The van der Waals surface area contributed by atoms with E-state index in [-0.39, 0.29) is 12.2 Å². The lowest BCUT2D eigenvalue weighted by Gasteiger charge is -2.33. The smallest absolute Gasteiger partial charge is 0.410 e. The Bertz CT molecular complexity index is 759. The van der Waals surface area contributed by atoms with E-state index in [1.165, 1.54) is 5.56 Å². The number of likely N-dealkylation sites (tertiary alicyclic amines) is 1. The molecule has 1 aliphatic heterocycles. The van der Waals surface area contributed by atoms with Crippen LogP contribution in [0.3, 0.4) is 0 Å². The SMILES string of the molecule is CO[C@H](C)c1nncc(C)c1C1CCN(C(=O)OCc2ccccc2)CC1. The van der Waals surface area contributed by atoms with Crippen LogP contribution in [0.4, 0.5) is 4.79 Å². The summed E-state index contributed by atoms with van der Waals surface area (Å²) in [7, 11) is 1.68. The number of ether oxygens (including phenoxy) is 2. The van der Waals surface area contributed by atoms with E-state index in [0.29, 0.717) is 25.6 Å². The number of amides is 1. The summed E-state index contributed by atoms with van der Waals surface area (Å²) in [6, 6.07) is 9.75. The highest BCUT2D eigenvalue weighted by Gasteiger charge is 2.29. The van der Waals surface area contributed by atoms with Crippen LogP contribution in [0, 0.1) is 6.92 Å². The fraction of sp³-hybridized carbons (Fsp3) is 0.476. The van der Waals surface area contributed by atoms with Gasteiger partial charge in [-0.05, 0) is 49.3 Å². The lowest BCUT2D eigenvalue weighted by molar-refractivity contribution is 0.0861. The number of piperidine rings is 1. The summed E-state index contributed by atoms with van der Waals surface area (Å²) in [5, 5.41) is 8.41. The Kier molecular flexibility index (Phi) is 6.40. The lowest BCUT2D eigenvalue weighted by Crippen LogP contribution is -2.38. The van der Waals surface area contributed by atoms with Crippen LogP contribution in [0.2, 0.25) is 0 Å². The van der Waals surface area contributed by atoms with Gasteiger partial charge in [0.05, 0.1) is 18.0 Å². The molecule has 0 N–H and O–H groups in total. The van der Waals surface area contributed by atoms with Crippen LogP contribution in [0.25, 0.3) is 0 Å². The summed E-state index contributed by atoms with van der Waals surface area (Å²) in [4.78, 5) is 14.2. The van der Waals surface area contributed by atoms with Gasteiger partial charge in [-0.3, -0.25) is 0 Å². The molecule has 1 amide bonds. The van der Waals surface area contributed by atoms with Crippen molar-refractivity contribution in [1.29, 1.82) is 0 Å². The highest BCUT2D eigenvalue weighted by atomic mass is 16.6. The fourth-order valence-corrected chi connectivity index (χ4v) is 3.61. The van der Waals surface area contributed by atoms with Crippen LogP contribution in [0.15, 0.2) is 36.5 Å². The molecule has 1 aromatic heterocycles. The topological polar surface area (TPSA) is 64.6 Å². The number of hydrogen-bond acceptors (Lipinski definition) is 5. The molecule has 1 atom stereocenters. The third-order valence-electron chi connectivity index (χ3n) is 5.22. The number of aromatic nitrogens is 2. The number of rotatable bonds is 5. The van der Waals surface area contributed by atoms with Gasteiger partial charge in [0.15, 0.2) is 0 Å². The fourth-order valence-electron chi connectivity index (χ4n) is 3.61. The molecule has 3 rings (SSSR count). The van der Waals surface area contributed by atoms with Gasteiger partial charge < -0.3 is 14.4 Å². The zero-order valence-corrected chi connectivity index (χ0v) is 16.2. The monoisotopic (exact) mass is 369 g/mol. The molecule has 2 aromatic rings. The van der Waals surface area contributed by atoms with E-state index >= 15 is 0 Å². The summed E-state index contributed by atoms with van der Waals surface area (Å²) < 4.78 is 10.9. The van der Waals surface area contributed by atoms with E-state index in [1.54, 1.807) is 12.0 Å². The second-order valence-electron chi connectivity index (χ2n) is 7.01. The third-order valence-corrected chi connectivity index (χ3v) is 5.22. The molecular weight excluding hydrogens is 342 g/mol. The third kappa shape index (κ3) is 4.63. The number of carbonyl (C=O) groups is 1. The van der Waals surface area contributed by atoms with Crippen molar-refractivity contribution < 1.29 is 14.3 Å². The van der Waals surface area contributed by atoms with E-state index in [2.05, 4.69) is 17.1 Å². The van der Waals surface area contributed by atoms with E-state index in [9.17, 15) is 4.79 Å². The van der Waals surface area contributed by atoms with Crippen molar-refractivity contribution in [2.75, 3.05) is 20.2 Å². The summed E-state index contributed by atoms with van der Waals surface area (Å²) in [6.07, 6.45) is 3.24. The van der Waals surface area contributed by atoms with Gasteiger partial charge in [0.1, 0.15) is 6.61 Å². The van der Waals surface area contributed by atoms with Gasteiger partial charge in [-0.15, -0.1) is 0 Å². The average Bonchev–Trinajstić information content (AvgIpc) is 2.72. The Morgan fingerprint density at radius 3 is 2.63 bits per heavy atom. The molecule has 0 unspecified atom stereocenters. The second kappa shape index (κ2) is 8.95. The quantitative estimate of drug-likeness (QED) is 0.797. The van der Waals surface area contributed by atoms with Crippen molar-refractivity contribution in [1.82, 2.24) is 15.1 Å². The van der Waals surface area contributed by atoms with Gasteiger partial charge in [0.25, 0.3) is 0 Å². The number of benzene rings is 1. The van der Waals surface area contributed by atoms with Crippen molar-refractivity contribution in [2.45, 2.75) is 45.3 Å². The number of nitrogens with zero attached hydrogens (tertiary/aromatic N) is 3. The molecule has 6 heteroatoms. The van der Waals surface area contributed by atoms with Crippen molar-refractivity contribution in [3.05, 3.63) is 58.9 Å². The minimum Gasteiger partial charge on any atom is -0.445 e. The molecule has 0 aliphatic carbocycles.